The Balaban J connectivity index is -0.000000180. The van der Waals surface area contributed by atoms with Crippen LogP contribution >= 0.6 is 0 Å². The van der Waals surface area contributed by atoms with Crippen molar-refractivity contribution in [2.45, 2.75) is 13.8 Å². The average Bonchev–Trinajstić information content (AvgIpc) is 2.28. The minimum atomic E-state index is -0.935. The highest BCUT2D eigenvalue weighted by atomic mass is 16.5. The van der Waals surface area contributed by atoms with Crippen molar-refractivity contribution in [3.8, 4) is 6.07 Å². The van der Waals surface area contributed by atoms with Crippen molar-refractivity contribution < 1.29 is 19.4 Å². The van der Waals surface area contributed by atoms with E-state index in [1.807, 2.05) is 0 Å². The standard InChI is InChI=1S/C5H8O2.C4H6O2.C3H3N/c1-4(2)5(6)7-3;1-3(2)4(5)6;1-2-3-4/h1H2,2-3H3;1H2,2H3,(H,5,6);2H,1H2. The molecule has 5 nitrogen and oxygen atoms in total. The van der Waals surface area contributed by atoms with Gasteiger partial charge in [-0.25, -0.2) is 9.59 Å². The summed E-state index contributed by atoms with van der Waals surface area (Å²) < 4.78 is 4.27. The normalized spacial score (nSPS) is 6.71. The Morgan fingerprint density at radius 3 is 1.59 bits per heavy atom. The van der Waals surface area contributed by atoms with Gasteiger partial charge in [-0.05, 0) is 13.8 Å². The first-order valence-electron chi connectivity index (χ1n) is 4.37. The number of carbonyl (C=O) groups is 2. The third-order valence-corrected chi connectivity index (χ3v) is 0.990. The van der Waals surface area contributed by atoms with Gasteiger partial charge in [0.1, 0.15) is 0 Å². The number of esters is 1. The van der Waals surface area contributed by atoms with Crippen LogP contribution in [-0.4, -0.2) is 24.2 Å². The molecule has 0 saturated heterocycles. The van der Waals surface area contributed by atoms with Gasteiger partial charge in [-0.3, -0.25) is 0 Å². The van der Waals surface area contributed by atoms with Crippen LogP contribution in [-0.2, 0) is 14.3 Å². The van der Waals surface area contributed by atoms with Crippen LogP contribution in [0.5, 0.6) is 0 Å². The van der Waals surface area contributed by atoms with Crippen molar-refractivity contribution >= 4 is 11.9 Å². The van der Waals surface area contributed by atoms with Gasteiger partial charge in [0.15, 0.2) is 0 Å². The molecule has 94 valence electrons. The quantitative estimate of drug-likeness (QED) is 0.453. The van der Waals surface area contributed by atoms with Gasteiger partial charge in [-0.1, -0.05) is 19.7 Å². The molecule has 0 aromatic heterocycles. The summed E-state index contributed by atoms with van der Waals surface area (Å²) in [7, 11) is 1.33. The Morgan fingerprint density at radius 2 is 1.59 bits per heavy atom. The van der Waals surface area contributed by atoms with Crippen LogP contribution in [0.3, 0.4) is 0 Å². The molecule has 0 heterocycles. The number of aliphatic carboxylic acids is 1. The topological polar surface area (TPSA) is 87.4 Å². The number of carboxylic acid groups (broad SMARTS) is 1. The van der Waals surface area contributed by atoms with Crippen LogP contribution in [0.2, 0.25) is 0 Å². The SMILES string of the molecule is C=C(C)C(=O)O.C=C(C)C(=O)OC.C=CC#N. The summed E-state index contributed by atoms with van der Waals surface area (Å²) in [6.07, 6.45) is 1.18. The van der Waals surface area contributed by atoms with Gasteiger partial charge in [0.05, 0.1) is 13.2 Å². The maximum absolute atomic E-state index is 10.2. The van der Waals surface area contributed by atoms with E-state index in [2.05, 4.69) is 24.5 Å². The molecule has 5 heteroatoms. The molecule has 0 aromatic carbocycles. The van der Waals surface area contributed by atoms with Crippen LogP contribution < -0.4 is 0 Å². The molecule has 0 rings (SSSR count). The maximum Gasteiger partial charge on any atom is 0.332 e. The lowest BCUT2D eigenvalue weighted by atomic mass is 10.4. The number of nitriles is 1. The van der Waals surface area contributed by atoms with Gasteiger partial charge in [-0.2, -0.15) is 5.26 Å². The zero-order chi connectivity index (χ0) is 14.4. The molecule has 0 unspecified atom stereocenters. The van der Waals surface area contributed by atoms with Crippen molar-refractivity contribution in [3.63, 3.8) is 0 Å². The third kappa shape index (κ3) is 24.8. The molecule has 0 atom stereocenters. The van der Waals surface area contributed by atoms with Crippen LogP contribution in [0.4, 0.5) is 0 Å². The molecular weight excluding hydrogens is 222 g/mol. The van der Waals surface area contributed by atoms with E-state index in [0.717, 1.165) is 0 Å². The van der Waals surface area contributed by atoms with Crippen LogP contribution in [0.15, 0.2) is 37.0 Å². The molecule has 0 spiro atoms. The van der Waals surface area contributed by atoms with E-state index in [1.165, 1.54) is 20.1 Å². The number of rotatable bonds is 2. The molecule has 17 heavy (non-hydrogen) atoms. The molecular formula is C12H17NO4. The Bertz CT molecular complexity index is 325. The summed E-state index contributed by atoms with van der Waals surface area (Å²) in [5.41, 5.74) is 0.609. The molecule has 0 amide bonds. The van der Waals surface area contributed by atoms with Crippen molar-refractivity contribution in [2.75, 3.05) is 7.11 Å². The highest BCUT2D eigenvalue weighted by Gasteiger charge is 1.95. The Kier molecular flexibility index (Phi) is 16.1. The highest BCUT2D eigenvalue weighted by molar-refractivity contribution is 5.86. The van der Waals surface area contributed by atoms with Crippen LogP contribution in [0.1, 0.15) is 13.8 Å². The van der Waals surface area contributed by atoms with Crippen molar-refractivity contribution in [1.82, 2.24) is 0 Å². The third-order valence-electron chi connectivity index (χ3n) is 0.990. The molecule has 1 N–H and O–H groups in total. The lowest BCUT2D eigenvalue weighted by Crippen LogP contribution is -1.98. The van der Waals surface area contributed by atoms with Gasteiger partial charge >= 0.3 is 11.9 Å². The maximum atomic E-state index is 10.2. The molecule has 0 radical (unpaired) electrons. The fourth-order valence-electron chi connectivity index (χ4n) is 0.174. The van der Waals surface area contributed by atoms with E-state index < -0.39 is 5.97 Å². The van der Waals surface area contributed by atoms with Crippen LogP contribution in [0.25, 0.3) is 0 Å². The Labute approximate surface area is 101 Å². The van der Waals surface area contributed by atoms with E-state index in [-0.39, 0.29) is 11.5 Å². The average molecular weight is 239 g/mol. The molecule has 0 aromatic rings. The summed E-state index contributed by atoms with van der Waals surface area (Å²) in [5, 5.41) is 15.4. The first kappa shape index (κ1) is 20.1. The summed E-state index contributed by atoms with van der Waals surface area (Å²) in [4.78, 5) is 19.8. The van der Waals surface area contributed by atoms with Crippen LogP contribution in [0, 0.1) is 11.3 Å². The first-order valence-corrected chi connectivity index (χ1v) is 4.37. The number of hydrogen-bond donors (Lipinski definition) is 1. The number of methoxy groups -OCH3 is 1. The first-order chi connectivity index (χ1) is 7.74. The lowest BCUT2D eigenvalue weighted by Gasteiger charge is -1.91. The van der Waals surface area contributed by atoms with E-state index in [0.29, 0.717) is 5.57 Å². The zero-order valence-electron chi connectivity index (χ0n) is 10.3. The van der Waals surface area contributed by atoms with Crippen molar-refractivity contribution in [1.29, 1.82) is 5.26 Å². The highest BCUT2D eigenvalue weighted by Crippen LogP contribution is 1.87. The fraction of sp³-hybridized carbons (Fsp3) is 0.250. The number of hydrogen-bond acceptors (Lipinski definition) is 4. The minimum Gasteiger partial charge on any atom is -0.478 e. The number of carbonyl (C=O) groups excluding carboxylic acids is 1. The fourth-order valence-corrected chi connectivity index (χ4v) is 0.174. The molecule has 0 aliphatic heterocycles. The number of allylic oxidation sites excluding steroid dienone is 1. The van der Waals surface area contributed by atoms with E-state index in [1.54, 1.807) is 13.0 Å². The van der Waals surface area contributed by atoms with Gasteiger partial charge in [0.25, 0.3) is 0 Å². The predicted octanol–water partition coefficient (Wildman–Crippen LogP) is 2.08. The van der Waals surface area contributed by atoms with E-state index >= 15 is 0 Å². The monoisotopic (exact) mass is 239 g/mol. The molecule has 0 fully saturated rings. The van der Waals surface area contributed by atoms with Gasteiger partial charge in [-0.15, -0.1) is 0 Å². The van der Waals surface area contributed by atoms with Crippen molar-refractivity contribution in [2.24, 2.45) is 0 Å². The largest absolute Gasteiger partial charge is 0.478 e. The second-order valence-electron chi connectivity index (χ2n) is 2.69. The summed E-state index contributed by atoms with van der Waals surface area (Å²) in [6, 6.07) is 1.69. The number of nitrogens with zero attached hydrogens (tertiary/aromatic N) is 1. The van der Waals surface area contributed by atoms with Crippen molar-refractivity contribution in [3.05, 3.63) is 37.0 Å². The van der Waals surface area contributed by atoms with E-state index in [9.17, 15) is 9.59 Å². The summed E-state index contributed by atoms with van der Waals surface area (Å²) >= 11 is 0. The lowest BCUT2D eigenvalue weighted by molar-refractivity contribution is -0.136. The Hall–Kier alpha value is -2.35. The van der Waals surface area contributed by atoms with E-state index in [4.69, 9.17) is 10.4 Å². The molecule has 0 saturated carbocycles. The van der Waals surface area contributed by atoms with Gasteiger partial charge in [0, 0.05) is 17.2 Å². The second kappa shape index (κ2) is 13.7. The van der Waals surface area contributed by atoms with Gasteiger partial charge < -0.3 is 9.84 Å². The molecule has 0 aliphatic carbocycles. The smallest absolute Gasteiger partial charge is 0.332 e. The number of ether oxygens (including phenoxy) is 1. The number of carboxylic acids is 1. The molecule has 0 bridgehead atoms. The zero-order valence-corrected chi connectivity index (χ0v) is 10.3. The summed E-state index contributed by atoms with van der Waals surface area (Å²) in [5.74, 6) is -1.28. The minimum absolute atomic E-state index is 0.176. The molecule has 0 aliphatic rings. The predicted molar refractivity (Wildman–Crippen MR) is 65.1 cm³/mol. The van der Waals surface area contributed by atoms with Gasteiger partial charge in [0.2, 0.25) is 0 Å². The summed E-state index contributed by atoms with van der Waals surface area (Å²) in [6.45, 7) is 12.7. The Morgan fingerprint density at radius 1 is 1.29 bits per heavy atom. The second-order valence-corrected chi connectivity index (χ2v) is 2.69.